The van der Waals surface area contributed by atoms with Crippen LogP contribution in [0.15, 0.2) is 97.1 Å². The van der Waals surface area contributed by atoms with Crippen LogP contribution in [-0.2, 0) is 21.7 Å². The minimum atomic E-state index is 0. The molecule has 3 aromatic heterocycles. The summed E-state index contributed by atoms with van der Waals surface area (Å²) in [5.41, 5.74) is 6.45. The summed E-state index contributed by atoms with van der Waals surface area (Å²) < 4.78 is 0. The number of nitrogens with zero attached hydrogens (tertiary/aromatic N) is 6. The first-order valence-electron chi connectivity index (χ1n) is 13.0. The number of aromatic amines is 2. The normalized spacial score (nSPS) is 11.4. The molecule has 2 aliphatic heterocycles. The van der Waals surface area contributed by atoms with E-state index in [-0.39, 0.29) is 44.8 Å². The second-order valence-corrected chi connectivity index (χ2v) is 9.79. The maximum atomic E-state index is 5.02. The molecule has 194 valence electrons. The van der Waals surface area contributed by atoms with E-state index in [9.17, 15) is 0 Å². The van der Waals surface area contributed by atoms with Gasteiger partial charge in [-0.1, -0.05) is 97.1 Å². The maximum absolute atomic E-state index is 5.02. The van der Waals surface area contributed by atoms with E-state index < -0.39 is 0 Å². The molecular weight excluding hydrogens is 569 g/mol. The van der Waals surface area contributed by atoms with Crippen LogP contribution in [0.25, 0.3) is 89.7 Å². The van der Waals surface area contributed by atoms with Crippen LogP contribution in [0, 0.1) is 0 Å². The molecule has 8 nitrogen and oxygen atoms in total. The summed E-state index contributed by atoms with van der Waals surface area (Å²) in [4.78, 5) is 36.8. The topological polar surface area (TPSA) is 109 Å². The van der Waals surface area contributed by atoms with Gasteiger partial charge in [0, 0.05) is 65.5 Å². The van der Waals surface area contributed by atoms with Gasteiger partial charge in [-0.05, 0) is 0 Å². The minimum absolute atomic E-state index is 0. The van der Waals surface area contributed by atoms with Crippen molar-refractivity contribution >= 4 is 67.2 Å². The van der Waals surface area contributed by atoms with Crippen LogP contribution in [-0.4, -0.2) is 62.9 Å². The molecule has 0 atom stereocenters. The number of benzene rings is 4. The van der Waals surface area contributed by atoms with Crippen molar-refractivity contribution in [3.63, 3.8) is 0 Å². The van der Waals surface area contributed by atoms with E-state index in [1.54, 1.807) is 0 Å². The Balaban J connectivity index is 0.00000144. The molecule has 0 spiro atoms. The maximum Gasteiger partial charge on any atom is 0.316 e. The summed E-state index contributed by atoms with van der Waals surface area (Å²) in [6.45, 7) is 0. The van der Waals surface area contributed by atoms with Crippen molar-refractivity contribution in [2.24, 2.45) is 0 Å². The molecule has 8 bridgehead atoms. The van der Waals surface area contributed by atoms with Gasteiger partial charge < -0.3 is 9.97 Å². The molecule has 4 aromatic carbocycles. The Kier molecular flexibility index (Phi) is 6.47. The quantitative estimate of drug-likeness (QED) is 0.212. The zero-order valence-corrected chi connectivity index (χ0v) is 23.0. The van der Waals surface area contributed by atoms with Crippen LogP contribution in [0.3, 0.4) is 0 Å². The van der Waals surface area contributed by atoms with Gasteiger partial charge in [0.1, 0.15) is 22.6 Å². The molecule has 0 saturated carbocycles. The van der Waals surface area contributed by atoms with Gasteiger partial charge in [0.2, 0.25) is 0 Å². The zero-order chi connectivity index (χ0) is 26.2. The third kappa shape index (κ3) is 4.00. The molecule has 0 unspecified atom stereocenters. The Hall–Kier alpha value is -4.28. The van der Waals surface area contributed by atoms with Crippen molar-refractivity contribution < 1.29 is 21.7 Å². The van der Waals surface area contributed by atoms with E-state index in [0.717, 1.165) is 43.8 Å². The van der Waals surface area contributed by atoms with Crippen molar-refractivity contribution in [3.8, 4) is 45.6 Å². The molecule has 0 amide bonds. The van der Waals surface area contributed by atoms with E-state index in [2.05, 4.69) is 9.97 Å². The van der Waals surface area contributed by atoms with Crippen LogP contribution in [0.2, 0.25) is 0 Å². The number of nitrogens with one attached hydrogen (secondary N) is 2. The fourth-order valence-electron chi connectivity index (χ4n) is 5.59. The number of H-pyrrole nitrogens is 2. The van der Waals surface area contributed by atoms with Gasteiger partial charge in [-0.15, -0.1) is 0 Å². The monoisotopic (exact) mass is 588 g/mol. The van der Waals surface area contributed by atoms with E-state index in [1.807, 2.05) is 97.1 Å². The van der Waals surface area contributed by atoms with Crippen LogP contribution < -0.4 is 0 Å². The summed E-state index contributed by atoms with van der Waals surface area (Å²) in [5, 5.41) is 3.82. The molecule has 0 radical (unpaired) electrons. The molecule has 10 heteroatoms. The number of hydrogen-bond donors (Lipinski definition) is 2. The molecule has 0 saturated heterocycles. The molecule has 0 aliphatic carbocycles. The van der Waals surface area contributed by atoms with Crippen LogP contribution in [0.5, 0.6) is 0 Å². The Morgan fingerprint density at radius 3 is 0.833 bits per heavy atom. The average molecular weight is 589 g/mol. The number of fused-ring (bicyclic) bond motifs is 20. The third-order valence-electron chi connectivity index (χ3n) is 7.46. The number of aromatic nitrogens is 8. The number of hydrogen-bond acceptors (Lipinski definition) is 6. The standard InChI is InChI=1S/C32H18N8.Mg.Ti.2H/c1-2-10-18-17(9-1)25-33-26(18)38-28-21-13-5-6-14-22(21)30(35-28)40-32-24-16-8-7-15-23(24)31(36-32)39-29-20-12-4-3-11-19(20)27(34-29)37-25;;;;/h1-16H,(H2,33,34,35,36,37,38,39,40);;;;. The molecule has 42 heavy (non-hydrogen) atoms. The Morgan fingerprint density at radius 2 is 0.571 bits per heavy atom. The van der Waals surface area contributed by atoms with Crippen LogP contribution >= 0.6 is 0 Å². The van der Waals surface area contributed by atoms with Gasteiger partial charge >= 0.3 is 23.1 Å². The van der Waals surface area contributed by atoms with Gasteiger partial charge in [-0.2, -0.15) is 0 Å². The predicted octanol–water partition coefficient (Wildman–Crippen LogP) is 5.95. The van der Waals surface area contributed by atoms with Gasteiger partial charge in [-0.3, -0.25) is 0 Å². The minimum Gasteiger partial charge on any atom is -0.324 e. The molecule has 2 aliphatic rings. The smallest absolute Gasteiger partial charge is 0.316 e. The summed E-state index contributed by atoms with van der Waals surface area (Å²) in [7, 11) is 0. The Labute approximate surface area is 269 Å². The van der Waals surface area contributed by atoms with Crippen LogP contribution in [0.1, 0.15) is 0 Å². The average Bonchev–Trinajstić information content (AvgIpc) is 3.73. The van der Waals surface area contributed by atoms with Crippen molar-refractivity contribution in [2.45, 2.75) is 0 Å². The fourth-order valence-corrected chi connectivity index (χ4v) is 5.59. The second-order valence-electron chi connectivity index (χ2n) is 9.79. The van der Waals surface area contributed by atoms with E-state index in [4.69, 9.17) is 29.9 Å². The van der Waals surface area contributed by atoms with Gasteiger partial charge in [0.15, 0.2) is 23.3 Å². The van der Waals surface area contributed by atoms with E-state index in [1.165, 1.54) is 0 Å². The van der Waals surface area contributed by atoms with Crippen molar-refractivity contribution in [3.05, 3.63) is 97.1 Å². The summed E-state index contributed by atoms with van der Waals surface area (Å²) in [6, 6.07) is 32.2. The Bertz CT molecular complexity index is 2040. The first-order valence-corrected chi connectivity index (χ1v) is 13.0. The van der Waals surface area contributed by atoms with Gasteiger partial charge in [-0.25, -0.2) is 29.9 Å². The molecule has 7 aromatic rings. The molecule has 9 rings (SSSR count). The summed E-state index contributed by atoms with van der Waals surface area (Å²) in [6.07, 6.45) is 0. The van der Waals surface area contributed by atoms with E-state index >= 15 is 0 Å². The van der Waals surface area contributed by atoms with Gasteiger partial charge in [0.05, 0.1) is 0 Å². The largest absolute Gasteiger partial charge is 0.324 e. The second kappa shape index (κ2) is 10.2. The molecule has 5 heterocycles. The van der Waals surface area contributed by atoms with Crippen molar-refractivity contribution in [1.82, 2.24) is 39.9 Å². The van der Waals surface area contributed by atoms with Crippen molar-refractivity contribution in [1.29, 1.82) is 0 Å². The fraction of sp³-hybridized carbons (Fsp3) is 0. The van der Waals surface area contributed by atoms with Crippen molar-refractivity contribution in [2.75, 3.05) is 0 Å². The Morgan fingerprint density at radius 1 is 0.333 bits per heavy atom. The van der Waals surface area contributed by atoms with E-state index in [0.29, 0.717) is 45.9 Å². The first kappa shape index (κ1) is 26.6. The molecule has 0 fully saturated rings. The molecule has 2 N–H and O–H groups in total. The van der Waals surface area contributed by atoms with Gasteiger partial charge in [0.25, 0.3) is 0 Å². The summed E-state index contributed by atoms with van der Waals surface area (Å²) >= 11 is 0. The first-order chi connectivity index (χ1) is 19.8. The predicted molar refractivity (Wildman–Crippen MR) is 165 cm³/mol. The van der Waals surface area contributed by atoms with Crippen LogP contribution in [0.4, 0.5) is 0 Å². The zero-order valence-electron chi connectivity index (χ0n) is 21.4. The third-order valence-corrected chi connectivity index (χ3v) is 7.46. The SMILES string of the molecule is [MgH2].[Ti].c1ccc2c(c1)-c1nc-2nc2[nH]c(nc3nc(nc4[nH]c(n1)c1ccccc41)-c1ccccc1-3)c1ccccc21. The number of rotatable bonds is 0. The molecular formula is C32H20MgN8Ti. The summed E-state index contributed by atoms with van der Waals surface area (Å²) in [5.74, 6) is 2.39.